The molecule has 274 valence electrons. The first-order chi connectivity index (χ1) is 28.7. The van der Waals surface area contributed by atoms with Gasteiger partial charge in [-0.05, 0) is 101 Å². The minimum atomic E-state index is 0.541. The molecule has 1 atom stereocenters. The number of allylic oxidation sites excluding steroid dienone is 1. The molecule has 0 amide bonds. The van der Waals surface area contributed by atoms with Crippen molar-refractivity contribution in [2.75, 3.05) is 0 Å². The molecule has 1 aliphatic carbocycles. The first-order valence-electron chi connectivity index (χ1n) is 20.3. The molecule has 1 aliphatic rings. The van der Waals surface area contributed by atoms with E-state index in [4.69, 9.17) is 15.0 Å². The maximum Gasteiger partial charge on any atom is 0.164 e. The van der Waals surface area contributed by atoms with Gasteiger partial charge in [-0.3, -0.25) is 0 Å². The minimum Gasteiger partial charge on any atom is -0.208 e. The van der Waals surface area contributed by atoms with Crippen molar-refractivity contribution in [1.29, 1.82) is 0 Å². The standard InChI is InChI=1S/C55H39N3/c1-2-35-25-26-39-29-32-41-34-51(47-20-7-9-21-48(47)52(41)50(39)33-35)55-57-53(40-30-27-38(28-31-40)43-23-11-15-36-13-3-5-17-42(36)43)56-54(58-55)49-22-10-8-19-46(49)45-24-12-16-37-14-4-6-18-44(37)45/h3-32,34-35H,2,33H2,1H3. The summed E-state index contributed by atoms with van der Waals surface area (Å²) in [6.07, 6.45) is 6.87. The van der Waals surface area contributed by atoms with E-state index in [1.807, 2.05) is 0 Å². The van der Waals surface area contributed by atoms with Gasteiger partial charge in [-0.25, -0.2) is 15.0 Å². The second kappa shape index (κ2) is 14.1. The van der Waals surface area contributed by atoms with E-state index >= 15 is 0 Å². The molecule has 1 heterocycles. The van der Waals surface area contributed by atoms with Crippen LogP contribution in [0.25, 0.3) is 106 Å². The molecule has 0 spiro atoms. The average molecular weight is 742 g/mol. The summed E-state index contributed by atoms with van der Waals surface area (Å²) >= 11 is 0. The lowest BCUT2D eigenvalue weighted by molar-refractivity contribution is 0.623. The van der Waals surface area contributed by atoms with Crippen LogP contribution in [0.4, 0.5) is 0 Å². The Balaban J connectivity index is 1.13. The molecule has 0 saturated heterocycles. The van der Waals surface area contributed by atoms with Gasteiger partial charge in [0, 0.05) is 16.7 Å². The van der Waals surface area contributed by atoms with Crippen molar-refractivity contribution in [3.05, 3.63) is 193 Å². The van der Waals surface area contributed by atoms with Crippen molar-refractivity contribution in [2.24, 2.45) is 5.92 Å². The van der Waals surface area contributed by atoms with Crippen LogP contribution < -0.4 is 0 Å². The Hall–Kier alpha value is -7.23. The molecule has 9 aromatic carbocycles. The van der Waals surface area contributed by atoms with Crippen LogP contribution in [0.5, 0.6) is 0 Å². The predicted molar refractivity (Wildman–Crippen MR) is 244 cm³/mol. The van der Waals surface area contributed by atoms with E-state index < -0.39 is 0 Å². The Labute approximate surface area is 338 Å². The Kier molecular flexibility index (Phi) is 8.25. The van der Waals surface area contributed by atoms with E-state index in [0.29, 0.717) is 23.4 Å². The van der Waals surface area contributed by atoms with Gasteiger partial charge in [0.1, 0.15) is 0 Å². The van der Waals surface area contributed by atoms with Crippen molar-refractivity contribution in [1.82, 2.24) is 15.0 Å². The SMILES string of the molecule is CCC1C=Cc2ccc3cc(-c4nc(-c5ccc(-c6cccc7ccccc67)cc5)nc(-c5ccccc5-c5cccc6ccccc56)n4)c4ccccc4c3c2C1. The summed E-state index contributed by atoms with van der Waals surface area (Å²) in [6, 6.07) is 63.0. The highest BCUT2D eigenvalue weighted by Gasteiger charge is 2.22. The number of fused-ring (bicyclic) bond motifs is 7. The number of benzene rings is 9. The van der Waals surface area contributed by atoms with E-state index in [9.17, 15) is 0 Å². The van der Waals surface area contributed by atoms with Crippen LogP contribution in [0, 0.1) is 5.92 Å². The van der Waals surface area contributed by atoms with Gasteiger partial charge in [-0.1, -0.05) is 189 Å². The summed E-state index contributed by atoms with van der Waals surface area (Å²) in [5.74, 6) is 2.49. The minimum absolute atomic E-state index is 0.541. The molecule has 10 aromatic rings. The lowest BCUT2D eigenvalue weighted by Crippen LogP contribution is -2.07. The lowest BCUT2D eigenvalue weighted by atomic mass is 9.83. The molecule has 0 fully saturated rings. The molecular weight excluding hydrogens is 703 g/mol. The molecule has 3 nitrogen and oxygen atoms in total. The van der Waals surface area contributed by atoms with Crippen LogP contribution in [0.2, 0.25) is 0 Å². The van der Waals surface area contributed by atoms with Crippen LogP contribution >= 0.6 is 0 Å². The van der Waals surface area contributed by atoms with Crippen LogP contribution in [0.15, 0.2) is 182 Å². The molecule has 0 N–H and O–H groups in total. The fourth-order valence-corrected chi connectivity index (χ4v) is 9.10. The zero-order valence-corrected chi connectivity index (χ0v) is 32.2. The Morgan fingerprint density at radius 1 is 0.431 bits per heavy atom. The van der Waals surface area contributed by atoms with Gasteiger partial charge in [0.25, 0.3) is 0 Å². The van der Waals surface area contributed by atoms with Crippen molar-refractivity contribution >= 4 is 49.2 Å². The zero-order chi connectivity index (χ0) is 38.6. The number of aromatic nitrogens is 3. The zero-order valence-electron chi connectivity index (χ0n) is 32.2. The van der Waals surface area contributed by atoms with Gasteiger partial charge in [0.2, 0.25) is 0 Å². The smallest absolute Gasteiger partial charge is 0.164 e. The summed E-state index contributed by atoms with van der Waals surface area (Å²) in [4.78, 5) is 16.0. The molecule has 0 bridgehead atoms. The van der Waals surface area contributed by atoms with Crippen LogP contribution in [-0.2, 0) is 6.42 Å². The lowest BCUT2D eigenvalue weighted by Gasteiger charge is -2.22. The fourth-order valence-electron chi connectivity index (χ4n) is 9.10. The molecular formula is C55H39N3. The van der Waals surface area contributed by atoms with E-state index in [1.54, 1.807) is 0 Å². The monoisotopic (exact) mass is 741 g/mol. The highest BCUT2D eigenvalue weighted by molar-refractivity contribution is 6.15. The molecule has 0 radical (unpaired) electrons. The first-order valence-corrected chi connectivity index (χ1v) is 20.3. The fraction of sp³-hybridized carbons (Fsp3) is 0.0727. The Morgan fingerprint density at radius 2 is 0.983 bits per heavy atom. The number of hydrogen-bond donors (Lipinski definition) is 0. The number of hydrogen-bond acceptors (Lipinski definition) is 3. The second-order valence-electron chi connectivity index (χ2n) is 15.4. The number of nitrogens with zero attached hydrogens (tertiary/aromatic N) is 3. The second-order valence-corrected chi connectivity index (χ2v) is 15.4. The van der Waals surface area contributed by atoms with Crippen molar-refractivity contribution < 1.29 is 0 Å². The highest BCUT2D eigenvalue weighted by Crippen LogP contribution is 2.41. The summed E-state index contributed by atoms with van der Waals surface area (Å²) in [5.41, 5.74) is 10.2. The third-order valence-electron chi connectivity index (χ3n) is 12.1. The van der Waals surface area contributed by atoms with Crippen molar-refractivity contribution in [2.45, 2.75) is 19.8 Å². The quantitative estimate of drug-likeness (QED) is 0.159. The highest BCUT2D eigenvalue weighted by atomic mass is 15.0. The Morgan fingerprint density at radius 3 is 1.72 bits per heavy atom. The molecule has 1 aromatic heterocycles. The van der Waals surface area contributed by atoms with Gasteiger partial charge in [-0.2, -0.15) is 0 Å². The van der Waals surface area contributed by atoms with Gasteiger partial charge in [0.15, 0.2) is 17.5 Å². The summed E-state index contributed by atoms with van der Waals surface area (Å²) < 4.78 is 0. The maximum absolute atomic E-state index is 5.40. The van der Waals surface area contributed by atoms with Gasteiger partial charge in [0.05, 0.1) is 0 Å². The molecule has 11 rings (SSSR count). The summed E-state index contributed by atoms with van der Waals surface area (Å²) in [5, 5.41) is 9.77. The summed E-state index contributed by atoms with van der Waals surface area (Å²) in [6.45, 7) is 2.28. The van der Waals surface area contributed by atoms with Crippen LogP contribution in [0.3, 0.4) is 0 Å². The van der Waals surface area contributed by atoms with E-state index in [1.165, 1.54) is 54.4 Å². The normalized spacial score (nSPS) is 13.7. The molecule has 0 saturated carbocycles. The summed E-state index contributed by atoms with van der Waals surface area (Å²) in [7, 11) is 0. The van der Waals surface area contributed by atoms with Gasteiger partial charge in [-0.15, -0.1) is 0 Å². The van der Waals surface area contributed by atoms with E-state index in [2.05, 4.69) is 195 Å². The Bertz CT molecular complexity index is 3240. The molecule has 58 heavy (non-hydrogen) atoms. The van der Waals surface area contributed by atoms with Gasteiger partial charge >= 0.3 is 0 Å². The molecule has 3 heteroatoms. The van der Waals surface area contributed by atoms with Crippen LogP contribution in [-0.4, -0.2) is 15.0 Å². The van der Waals surface area contributed by atoms with E-state index in [0.717, 1.165) is 51.6 Å². The molecule has 1 unspecified atom stereocenters. The third-order valence-corrected chi connectivity index (χ3v) is 12.1. The van der Waals surface area contributed by atoms with Gasteiger partial charge < -0.3 is 0 Å². The van der Waals surface area contributed by atoms with E-state index in [-0.39, 0.29) is 0 Å². The number of rotatable bonds is 6. The third kappa shape index (κ3) is 5.78. The average Bonchev–Trinajstić information content (AvgIpc) is 3.30. The van der Waals surface area contributed by atoms with Crippen molar-refractivity contribution in [3.63, 3.8) is 0 Å². The first kappa shape index (κ1) is 34.1. The van der Waals surface area contributed by atoms with Crippen LogP contribution in [0.1, 0.15) is 24.5 Å². The largest absolute Gasteiger partial charge is 0.208 e. The predicted octanol–water partition coefficient (Wildman–Crippen LogP) is 14.4. The van der Waals surface area contributed by atoms with Crippen molar-refractivity contribution in [3.8, 4) is 56.4 Å². The maximum atomic E-state index is 5.40. The molecule has 0 aliphatic heterocycles. The topological polar surface area (TPSA) is 38.7 Å².